The number of Topliss-reactive ketones (excluding diaryl/α,β-unsaturated/α-hetero) is 2. The highest BCUT2D eigenvalue weighted by Crippen LogP contribution is 2.52. The molecule has 5 rings (SSSR count). The predicted molar refractivity (Wildman–Crippen MR) is 119 cm³/mol. The van der Waals surface area contributed by atoms with Crippen LogP contribution in [-0.4, -0.2) is 73.5 Å². The number of benzene rings is 1. The number of likely N-dealkylation sites (N-methyl/N-ethyl adjacent to an activating group) is 1. The van der Waals surface area contributed by atoms with Crippen molar-refractivity contribution in [3.05, 3.63) is 58.2 Å². The number of primary amides is 1. The normalized spacial score (nSPS) is 28.8. The lowest BCUT2D eigenvalue weighted by Gasteiger charge is -2.50. The van der Waals surface area contributed by atoms with Crippen LogP contribution in [0.3, 0.4) is 0 Å². The number of pyridine rings is 1. The van der Waals surface area contributed by atoms with Crippen LogP contribution in [0.1, 0.15) is 22.3 Å². The summed E-state index contributed by atoms with van der Waals surface area (Å²) >= 11 is 0. The lowest BCUT2D eigenvalue weighted by molar-refractivity contribution is -0.148. The Kier molecular flexibility index (Phi) is 4.62. The molecule has 0 saturated carbocycles. The molecule has 10 nitrogen and oxygen atoms in total. The third-order valence-electron chi connectivity index (χ3n) is 7.28. The largest absolute Gasteiger partial charge is 0.510 e. The molecule has 3 aliphatic carbocycles. The maximum absolute atomic E-state index is 13.6. The number of nitrogens with two attached hydrogens (primary N) is 1. The third kappa shape index (κ3) is 2.63. The first-order valence-corrected chi connectivity index (χ1v) is 10.7. The van der Waals surface area contributed by atoms with Crippen LogP contribution in [0, 0.1) is 11.8 Å². The van der Waals surface area contributed by atoms with Gasteiger partial charge in [0.05, 0.1) is 11.6 Å². The lowest BCUT2D eigenvalue weighted by Crippen LogP contribution is -2.63. The molecule has 6 N–H and O–H groups in total. The fraction of sp³-hybridized carbons (Fsp3) is 0.333. The number of carbonyl (C=O) groups excluding carboxylic acids is 3. The van der Waals surface area contributed by atoms with Crippen molar-refractivity contribution in [2.24, 2.45) is 17.6 Å². The van der Waals surface area contributed by atoms with E-state index < -0.39 is 58.0 Å². The number of phenolic OH excluding ortho intramolecular Hbond substituents is 1. The van der Waals surface area contributed by atoms with Gasteiger partial charge < -0.3 is 26.2 Å². The van der Waals surface area contributed by atoms with E-state index in [0.29, 0.717) is 10.9 Å². The van der Waals surface area contributed by atoms with E-state index >= 15 is 0 Å². The molecule has 10 heteroatoms. The maximum atomic E-state index is 13.6. The highest BCUT2D eigenvalue weighted by atomic mass is 16.3. The number of fused-ring (bicyclic) bond motifs is 4. The second-order valence-corrected chi connectivity index (χ2v) is 9.30. The maximum Gasteiger partial charge on any atom is 0.255 e. The van der Waals surface area contributed by atoms with Gasteiger partial charge in [0.2, 0.25) is 5.78 Å². The fourth-order valence-electron chi connectivity index (χ4n) is 5.85. The Bertz CT molecular complexity index is 1380. The molecule has 0 fully saturated rings. The van der Waals surface area contributed by atoms with Gasteiger partial charge in [0.15, 0.2) is 17.1 Å². The summed E-state index contributed by atoms with van der Waals surface area (Å²) in [6.07, 6.45) is 1.77. The topological polar surface area (TPSA) is 174 Å². The van der Waals surface area contributed by atoms with Crippen molar-refractivity contribution in [2.75, 3.05) is 14.1 Å². The molecule has 0 radical (unpaired) electrons. The first-order chi connectivity index (χ1) is 16.0. The van der Waals surface area contributed by atoms with Crippen molar-refractivity contribution in [2.45, 2.75) is 24.5 Å². The Morgan fingerprint density at radius 1 is 1.24 bits per heavy atom. The van der Waals surface area contributed by atoms with Crippen molar-refractivity contribution in [3.63, 3.8) is 0 Å². The summed E-state index contributed by atoms with van der Waals surface area (Å²) in [6.45, 7) is 0. The van der Waals surface area contributed by atoms with E-state index in [0.717, 1.165) is 0 Å². The van der Waals surface area contributed by atoms with Gasteiger partial charge >= 0.3 is 0 Å². The van der Waals surface area contributed by atoms with E-state index in [9.17, 15) is 34.8 Å². The first-order valence-electron chi connectivity index (χ1n) is 10.7. The van der Waals surface area contributed by atoms with Gasteiger partial charge in [-0.15, -0.1) is 0 Å². The second-order valence-electron chi connectivity index (χ2n) is 9.30. The van der Waals surface area contributed by atoms with E-state index in [-0.39, 0.29) is 35.2 Å². The van der Waals surface area contributed by atoms with Gasteiger partial charge in [0.1, 0.15) is 22.6 Å². The Morgan fingerprint density at radius 3 is 2.59 bits per heavy atom. The predicted octanol–water partition coefficient (Wildman–Crippen LogP) is 0.669. The first kappa shape index (κ1) is 22.1. The molecular weight excluding hydrogens is 442 g/mol. The number of aromatic nitrogens is 1. The standard InChI is InChI=1S/C24H23N3O7/c1-27(2)17-12-8-11-7-10-6-9-4-3-5-26-16(9)19(29)13(10)18(28)14(11)21(31)24(12,34)22(32)15(20(17)30)23(25)33/h3-6,11-12,17,29-31,34H,7-8H2,1-2H3,(H2,25,33)/t11-,12-,17-,24-/m0/s1. The average Bonchev–Trinajstić information content (AvgIpc) is 2.76. The number of hydrogen-bond donors (Lipinski definition) is 5. The fourth-order valence-corrected chi connectivity index (χ4v) is 5.85. The van der Waals surface area contributed by atoms with Crippen LogP contribution in [0.4, 0.5) is 0 Å². The van der Waals surface area contributed by atoms with E-state index in [1.807, 2.05) is 0 Å². The molecule has 2 aromatic rings. The number of amides is 1. The molecular formula is C24H23N3O7. The summed E-state index contributed by atoms with van der Waals surface area (Å²) in [7, 11) is 3.18. The van der Waals surface area contributed by atoms with Crippen LogP contribution in [0.25, 0.3) is 10.9 Å². The number of aromatic hydroxyl groups is 1. The summed E-state index contributed by atoms with van der Waals surface area (Å²) in [5.74, 6) is -6.70. The van der Waals surface area contributed by atoms with Crippen LogP contribution < -0.4 is 5.73 Å². The smallest absolute Gasteiger partial charge is 0.255 e. The molecule has 34 heavy (non-hydrogen) atoms. The molecule has 0 bridgehead atoms. The molecule has 0 spiro atoms. The number of hydrogen-bond acceptors (Lipinski definition) is 9. The monoisotopic (exact) mass is 465 g/mol. The Hall–Kier alpha value is -3.76. The minimum absolute atomic E-state index is 0.0491. The minimum atomic E-state index is -2.64. The van der Waals surface area contributed by atoms with Crippen LogP contribution in [0.2, 0.25) is 0 Å². The van der Waals surface area contributed by atoms with Crippen LogP contribution in [-0.2, 0) is 16.0 Å². The number of carbonyl (C=O) groups is 3. The number of aliphatic hydroxyl groups is 3. The summed E-state index contributed by atoms with van der Waals surface area (Å²) in [4.78, 5) is 44.4. The number of ketones is 2. The Morgan fingerprint density at radius 2 is 1.94 bits per heavy atom. The van der Waals surface area contributed by atoms with Crippen LogP contribution >= 0.6 is 0 Å². The van der Waals surface area contributed by atoms with Gasteiger partial charge in [-0.25, -0.2) is 0 Å². The molecule has 3 aliphatic rings. The number of aliphatic hydroxyl groups excluding tert-OH is 2. The molecule has 1 aromatic heterocycles. The van der Waals surface area contributed by atoms with Gasteiger partial charge in [0, 0.05) is 23.1 Å². The molecule has 176 valence electrons. The van der Waals surface area contributed by atoms with Crippen LogP contribution in [0.15, 0.2) is 47.1 Å². The zero-order chi connectivity index (χ0) is 24.7. The summed E-state index contributed by atoms with van der Waals surface area (Å²) in [5.41, 5.74) is 2.38. The summed E-state index contributed by atoms with van der Waals surface area (Å²) in [5, 5.41) is 45.0. The lowest BCUT2D eigenvalue weighted by atomic mass is 9.58. The van der Waals surface area contributed by atoms with Crippen molar-refractivity contribution < 1.29 is 34.8 Å². The van der Waals surface area contributed by atoms with E-state index in [4.69, 9.17) is 5.73 Å². The van der Waals surface area contributed by atoms with Crippen molar-refractivity contribution in [3.8, 4) is 5.75 Å². The van der Waals surface area contributed by atoms with Crippen molar-refractivity contribution in [1.82, 2.24) is 9.88 Å². The molecule has 1 amide bonds. The Balaban J connectivity index is 1.75. The van der Waals surface area contributed by atoms with Crippen molar-refractivity contribution in [1.29, 1.82) is 0 Å². The minimum Gasteiger partial charge on any atom is -0.510 e. The Labute approximate surface area is 193 Å². The van der Waals surface area contributed by atoms with Gasteiger partial charge in [-0.2, -0.15) is 0 Å². The molecule has 0 aliphatic heterocycles. The van der Waals surface area contributed by atoms with Gasteiger partial charge in [0.25, 0.3) is 5.91 Å². The molecule has 0 saturated heterocycles. The van der Waals surface area contributed by atoms with Gasteiger partial charge in [-0.3, -0.25) is 24.3 Å². The zero-order valence-corrected chi connectivity index (χ0v) is 18.4. The molecule has 1 heterocycles. The molecule has 1 aromatic carbocycles. The highest BCUT2D eigenvalue weighted by Gasteiger charge is 2.63. The summed E-state index contributed by atoms with van der Waals surface area (Å²) in [6, 6.07) is 4.20. The molecule has 4 atom stereocenters. The summed E-state index contributed by atoms with van der Waals surface area (Å²) < 4.78 is 0. The molecule has 0 unspecified atom stereocenters. The number of rotatable bonds is 2. The van der Waals surface area contributed by atoms with E-state index in [1.54, 1.807) is 32.3 Å². The number of allylic oxidation sites excluding steroid dienone is 1. The number of nitrogens with zero attached hydrogens (tertiary/aromatic N) is 2. The average molecular weight is 465 g/mol. The zero-order valence-electron chi connectivity index (χ0n) is 18.4. The van der Waals surface area contributed by atoms with Crippen molar-refractivity contribution >= 4 is 28.4 Å². The van der Waals surface area contributed by atoms with Gasteiger partial charge in [-0.1, -0.05) is 6.07 Å². The third-order valence-corrected chi connectivity index (χ3v) is 7.28. The SMILES string of the molecule is CN(C)[C@@H]1C(O)=C(C(N)=O)C(=O)[C@@]2(O)C(O)=C3C(=O)c4c(cc5cccnc5c4O)C[C@H]3C[C@@H]12. The number of phenols is 1. The van der Waals surface area contributed by atoms with Crippen LogP contribution in [0.5, 0.6) is 5.75 Å². The quantitative estimate of drug-likeness (QED) is 0.399. The highest BCUT2D eigenvalue weighted by molar-refractivity contribution is 6.25. The second kappa shape index (κ2) is 7.12. The van der Waals surface area contributed by atoms with E-state index in [1.165, 1.54) is 11.1 Å². The van der Waals surface area contributed by atoms with E-state index in [2.05, 4.69) is 4.98 Å². The van der Waals surface area contributed by atoms with Gasteiger partial charge in [-0.05, 0) is 50.6 Å².